The molecule has 0 fully saturated rings. The van der Waals surface area contributed by atoms with E-state index in [4.69, 9.17) is 21.9 Å². The summed E-state index contributed by atoms with van der Waals surface area (Å²) in [6.45, 7) is 4.05. The van der Waals surface area contributed by atoms with E-state index in [-0.39, 0.29) is 12.1 Å². The first kappa shape index (κ1) is 13.6. The van der Waals surface area contributed by atoms with Gasteiger partial charge in [-0.2, -0.15) is 5.10 Å². The van der Waals surface area contributed by atoms with Crippen molar-refractivity contribution in [3.05, 3.63) is 39.5 Å². The average Bonchev–Trinajstić information content (AvgIpc) is 2.88. The highest BCUT2D eigenvalue weighted by Crippen LogP contribution is 2.31. The fourth-order valence-electron chi connectivity index (χ4n) is 1.81. The number of hydrazine groups is 1. The van der Waals surface area contributed by atoms with Crippen LogP contribution in [0.3, 0.4) is 0 Å². The van der Waals surface area contributed by atoms with Gasteiger partial charge in [-0.05, 0) is 41.9 Å². The smallest absolute Gasteiger partial charge is 0.169 e. The highest BCUT2D eigenvalue weighted by molar-refractivity contribution is 9.10. The van der Waals surface area contributed by atoms with Crippen LogP contribution in [-0.4, -0.2) is 9.78 Å². The largest absolute Gasteiger partial charge is 0.452 e. The van der Waals surface area contributed by atoms with Gasteiger partial charge in [-0.3, -0.25) is 10.5 Å². The van der Waals surface area contributed by atoms with Crippen LogP contribution < -0.4 is 11.3 Å². The van der Waals surface area contributed by atoms with E-state index in [9.17, 15) is 0 Å². The van der Waals surface area contributed by atoms with Crippen LogP contribution in [-0.2, 0) is 0 Å². The van der Waals surface area contributed by atoms with Crippen molar-refractivity contribution >= 4 is 27.5 Å². The van der Waals surface area contributed by atoms with Crippen LogP contribution in [0.4, 0.5) is 0 Å². The molecule has 0 saturated carbocycles. The minimum absolute atomic E-state index is 0.182. The monoisotopic (exact) mass is 332 g/mol. The second-order valence-corrected chi connectivity index (χ2v) is 5.35. The molecule has 0 amide bonds. The van der Waals surface area contributed by atoms with E-state index in [1.165, 1.54) is 0 Å². The molecular formula is C11H14BrClN4O. The number of nitrogens with one attached hydrogen (secondary N) is 1. The molecule has 2 heterocycles. The van der Waals surface area contributed by atoms with Gasteiger partial charge in [-0.25, -0.2) is 5.43 Å². The topological polar surface area (TPSA) is 69.0 Å². The third-order valence-corrected chi connectivity index (χ3v) is 3.31. The van der Waals surface area contributed by atoms with Crippen molar-refractivity contribution in [1.29, 1.82) is 0 Å². The number of nitrogens with two attached hydrogens (primary N) is 1. The van der Waals surface area contributed by atoms with Crippen LogP contribution in [0.1, 0.15) is 37.4 Å². The van der Waals surface area contributed by atoms with Crippen molar-refractivity contribution in [1.82, 2.24) is 15.2 Å². The Bertz CT molecular complexity index is 537. The summed E-state index contributed by atoms with van der Waals surface area (Å²) in [6, 6.07) is 3.49. The first-order chi connectivity index (χ1) is 8.54. The molecule has 18 heavy (non-hydrogen) atoms. The summed E-state index contributed by atoms with van der Waals surface area (Å²) in [4.78, 5) is 0. The molecule has 0 aliphatic rings. The molecule has 0 aliphatic heterocycles. The molecule has 2 aromatic heterocycles. The van der Waals surface area contributed by atoms with Crippen LogP contribution in [0.2, 0.25) is 5.02 Å². The van der Waals surface area contributed by atoms with Gasteiger partial charge < -0.3 is 4.42 Å². The van der Waals surface area contributed by atoms with Gasteiger partial charge in [0.2, 0.25) is 0 Å². The molecule has 0 spiro atoms. The van der Waals surface area contributed by atoms with Gasteiger partial charge in [0, 0.05) is 6.04 Å². The lowest BCUT2D eigenvalue weighted by atomic mass is 10.1. The minimum Gasteiger partial charge on any atom is -0.452 e. The third kappa shape index (κ3) is 2.47. The van der Waals surface area contributed by atoms with Crippen LogP contribution in [0, 0.1) is 0 Å². The highest BCUT2D eigenvalue weighted by atomic mass is 79.9. The molecule has 1 atom stereocenters. The van der Waals surface area contributed by atoms with Crippen molar-refractivity contribution in [3.63, 3.8) is 0 Å². The predicted octanol–water partition coefficient (Wildman–Crippen LogP) is 3.03. The van der Waals surface area contributed by atoms with Gasteiger partial charge in [0.05, 0.1) is 16.9 Å². The third-order valence-electron chi connectivity index (χ3n) is 2.59. The lowest BCUT2D eigenvalue weighted by Gasteiger charge is -2.18. The normalized spacial score (nSPS) is 13.2. The van der Waals surface area contributed by atoms with E-state index in [0.29, 0.717) is 15.5 Å². The molecule has 2 rings (SSSR count). The molecule has 0 radical (unpaired) electrons. The minimum atomic E-state index is -0.339. The van der Waals surface area contributed by atoms with Gasteiger partial charge in [-0.15, -0.1) is 0 Å². The summed E-state index contributed by atoms with van der Waals surface area (Å²) in [5.41, 5.74) is 3.50. The molecule has 98 valence electrons. The molecular weight excluding hydrogens is 320 g/mol. The van der Waals surface area contributed by atoms with Crippen molar-refractivity contribution in [2.75, 3.05) is 0 Å². The molecule has 5 nitrogen and oxygen atoms in total. The summed E-state index contributed by atoms with van der Waals surface area (Å²) in [7, 11) is 0. The van der Waals surface area contributed by atoms with E-state index in [2.05, 4.69) is 26.5 Å². The Kier molecular flexibility index (Phi) is 4.11. The number of rotatable bonds is 4. The van der Waals surface area contributed by atoms with Gasteiger partial charge in [-0.1, -0.05) is 11.6 Å². The molecule has 0 saturated heterocycles. The Hall–Kier alpha value is -0.820. The van der Waals surface area contributed by atoms with Crippen molar-refractivity contribution in [3.8, 4) is 0 Å². The Morgan fingerprint density at radius 1 is 1.50 bits per heavy atom. The highest BCUT2D eigenvalue weighted by Gasteiger charge is 2.24. The van der Waals surface area contributed by atoms with Crippen LogP contribution in [0.5, 0.6) is 0 Å². The first-order valence-electron chi connectivity index (χ1n) is 5.48. The Morgan fingerprint density at radius 2 is 2.22 bits per heavy atom. The zero-order valence-corrected chi connectivity index (χ0v) is 12.4. The van der Waals surface area contributed by atoms with Crippen LogP contribution >= 0.6 is 27.5 Å². The number of furan rings is 1. The zero-order chi connectivity index (χ0) is 13.3. The summed E-state index contributed by atoms with van der Waals surface area (Å²) in [5.74, 6) is 6.29. The van der Waals surface area contributed by atoms with E-state index in [1.807, 2.05) is 30.7 Å². The first-order valence-corrected chi connectivity index (χ1v) is 6.66. The molecule has 0 aromatic carbocycles. The maximum Gasteiger partial charge on any atom is 0.169 e. The molecule has 0 bridgehead atoms. The van der Waals surface area contributed by atoms with Gasteiger partial charge >= 0.3 is 0 Å². The average molecular weight is 334 g/mol. The number of nitrogens with zero attached hydrogens (tertiary/aromatic N) is 2. The lowest BCUT2D eigenvalue weighted by molar-refractivity contribution is 0.407. The second-order valence-electron chi connectivity index (χ2n) is 4.16. The van der Waals surface area contributed by atoms with E-state index >= 15 is 0 Å². The summed E-state index contributed by atoms with van der Waals surface area (Å²) in [5, 5.41) is 4.81. The quantitative estimate of drug-likeness (QED) is 0.666. The molecule has 2 aromatic rings. The number of halogens is 2. The Morgan fingerprint density at radius 3 is 2.72 bits per heavy atom. The van der Waals surface area contributed by atoms with E-state index < -0.39 is 0 Å². The Balaban J connectivity index is 2.47. The summed E-state index contributed by atoms with van der Waals surface area (Å²) < 4.78 is 7.99. The van der Waals surface area contributed by atoms with Crippen molar-refractivity contribution < 1.29 is 4.42 Å². The van der Waals surface area contributed by atoms with Crippen molar-refractivity contribution in [2.24, 2.45) is 5.84 Å². The molecule has 1 unspecified atom stereocenters. The predicted molar refractivity (Wildman–Crippen MR) is 73.2 cm³/mol. The summed E-state index contributed by atoms with van der Waals surface area (Å²) >= 11 is 9.46. The lowest BCUT2D eigenvalue weighted by Crippen LogP contribution is -2.31. The van der Waals surface area contributed by atoms with Gasteiger partial charge in [0.1, 0.15) is 11.8 Å². The standard InChI is InChI=1S/C11H14BrClN4O/c1-6(2)17-11(7(13)5-15-17)10(16-14)8-3-4-9(12)18-8/h3-6,10,16H,14H2,1-2H3. The van der Waals surface area contributed by atoms with E-state index in [0.717, 1.165) is 5.69 Å². The van der Waals surface area contributed by atoms with Gasteiger partial charge in [0.15, 0.2) is 4.67 Å². The number of aromatic nitrogens is 2. The molecule has 3 N–H and O–H groups in total. The fraction of sp³-hybridized carbons (Fsp3) is 0.364. The Labute approximate surface area is 118 Å². The zero-order valence-electron chi connectivity index (χ0n) is 10.0. The van der Waals surface area contributed by atoms with Crippen LogP contribution in [0.15, 0.2) is 27.4 Å². The fourth-order valence-corrected chi connectivity index (χ4v) is 2.37. The molecule has 0 aliphatic carbocycles. The van der Waals surface area contributed by atoms with Crippen LogP contribution in [0.25, 0.3) is 0 Å². The summed E-state index contributed by atoms with van der Waals surface area (Å²) in [6.07, 6.45) is 1.61. The van der Waals surface area contributed by atoms with Crippen molar-refractivity contribution in [2.45, 2.75) is 25.9 Å². The number of hydrogen-bond acceptors (Lipinski definition) is 4. The van der Waals surface area contributed by atoms with E-state index in [1.54, 1.807) is 6.20 Å². The number of hydrogen-bond donors (Lipinski definition) is 2. The molecule has 7 heteroatoms. The SMILES string of the molecule is CC(C)n1ncc(Cl)c1C(NN)c1ccc(Br)o1. The van der Waals surface area contributed by atoms with Gasteiger partial charge in [0.25, 0.3) is 0 Å². The second kappa shape index (κ2) is 5.44. The maximum atomic E-state index is 6.19. The maximum absolute atomic E-state index is 6.19.